The molecule has 1 N–H and O–H groups in total. The van der Waals surface area contributed by atoms with Gasteiger partial charge in [0, 0.05) is 22.7 Å². The number of nitrogens with zero attached hydrogens (tertiary/aromatic N) is 2. The number of rotatable bonds is 7. The van der Waals surface area contributed by atoms with Crippen LogP contribution in [0.5, 0.6) is 0 Å². The van der Waals surface area contributed by atoms with Gasteiger partial charge in [0.05, 0.1) is 5.52 Å². The fraction of sp³-hybridized carbons (Fsp3) is 0.263. The molecule has 0 unspecified atom stereocenters. The van der Waals surface area contributed by atoms with Gasteiger partial charge in [-0.2, -0.15) is 0 Å². The molecule has 0 aliphatic rings. The maximum atomic E-state index is 5.94. The third-order valence-corrected chi connectivity index (χ3v) is 4.86. The minimum Gasteiger partial charge on any atom is -0.369 e. The highest BCUT2D eigenvalue weighted by Gasteiger charge is 2.08. The van der Waals surface area contributed by atoms with Crippen LogP contribution < -0.4 is 5.32 Å². The molecule has 1 aromatic heterocycles. The Labute approximate surface area is 151 Å². The highest BCUT2D eigenvalue weighted by molar-refractivity contribution is 7.98. The van der Waals surface area contributed by atoms with Gasteiger partial charge >= 0.3 is 0 Å². The molecule has 0 radical (unpaired) electrons. The Morgan fingerprint density at radius 3 is 2.62 bits per heavy atom. The first-order chi connectivity index (χ1) is 11.8. The smallest absolute Gasteiger partial charge is 0.190 e. The van der Waals surface area contributed by atoms with E-state index in [2.05, 4.69) is 23.3 Å². The van der Waals surface area contributed by atoms with Crippen molar-refractivity contribution in [2.24, 2.45) is 0 Å². The largest absolute Gasteiger partial charge is 0.369 e. The monoisotopic (exact) mass is 357 g/mol. The Balaban J connectivity index is 1.80. The predicted octanol–water partition coefficient (Wildman–Crippen LogP) is 5.79. The molecule has 0 aliphatic heterocycles. The SMILES string of the molecule is CCCCNc1nc(SCc2ccc(Cl)cc2)nc2ccccc12. The van der Waals surface area contributed by atoms with Crippen molar-refractivity contribution in [2.75, 3.05) is 11.9 Å². The number of fused-ring (bicyclic) bond motifs is 1. The molecule has 0 amide bonds. The number of thioether (sulfide) groups is 1. The molecule has 3 aromatic rings. The molecule has 0 bridgehead atoms. The summed E-state index contributed by atoms with van der Waals surface area (Å²) in [5, 5.41) is 6.08. The van der Waals surface area contributed by atoms with Crippen LogP contribution in [-0.2, 0) is 5.75 Å². The van der Waals surface area contributed by atoms with E-state index in [0.717, 1.165) is 52.0 Å². The molecule has 0 saturated heterocycles. The van der Waals surface area contributed by atoms with Crippen LogP contribution in [0.1, 0.15) is 25.3 Å². The number of aromatic nitrogens is 2. The highest BCUT2D eigenvalue weighted by atomic mass is 35.5. The number of hydrogen-bond donors (Lipinski definition) is 1. The average Bonchev–Trinajstić information content (AvgIpc) is 2.61. The normalized spacial score (nSPS) is 10.9. The van der Waals surface area contributed by atoms with Gasteiger partial charge in [-0.25, -0.2) is 9.97 Å². The van der Waals surface area contributed by atoms with Gasteiger partial charge in [0.15, 0.2) is 5.16 Å². The minimum absolute atomic E-state index is 0.758. The van der Waals surface area contributed by atoms with E-state index < -0.39 is 0 Å². The molecule has 24 heavy (non-hydrogen) atoms. The van der Waals surface area contributed by atoms with E-state index in [1.165, 1.54) is 5.56 Å². The van der Waals surface area contributed by atoms with Gasteiger partial charge in [-0.05, 0) is 36.2 Å². The van der Waals surface area contributed by atoms with E-state index in [-0.39, 0.29) is 0 Å². The average molecular weight is 358 g/mol. The fourth-order valence-electron chi connectivity index (χ4n) is 2.37. The Morgan fingerprint density at radius 2 is 1.83 bits per heavy atom. The summed E-state index contributed by atoms with van der Waals surface area (Å²) in [7, 11) is 0. The zero-order valence-corrected chi connectivity index (χ0v) is 15.2. The standard InChI is InChI=1S/C19H20ClN3S/c1-2-3-12-21-18-16-6-4-5-7-17(16)22-19(23-18)24-13-14-8-10-15(20)11-9-14/h4-11H,2-3,12-13H2,1H3,(H,21,22,23). The Morgan fingerprint density at radius 1 is 1.04 bits per heavy atom. The van der Waals surface area contributed by atoms with Crippen molar-refractivity contribution >= 4 is 40.1 Å². The summed E-state index contributed by atoms with van der Waals surface area (Å²) in [4.78, 5) is 9.40. The lowest BCUT2D eigenvalue weighted by atomic mass is 10.2. The lowest BCUT2D eigenvalue weighted by Gasteiger charge is -2.10. The quantitative estimate of drug-likeness (QED) is 0.330. The molecular formula is C19H20ClN3S. The van der Waals surface area contributed by atoms with Gasteiger partial charge in [-0.3, -0.25) is 0 Å². The van der Waals surface area contributed by atoms with Crippen LogP contribution in [0.25, 0.3) is 10.9 Å². The molecule has 3 nitrogen and oxygen atoms in total. The second-order valence-electron chi connectivity index (χ2n) is 5.57. The van der Waals surface area contributed by atoms with Crippen molar-refractivity contribution in [1.29, 1.82) is 0 Å². The van der Waals surface area contributed by atoms with E-state index in [9.17, 15) is 0 Å². The van der Waals surface area contributed by atoms with E-state index in [4.69, 9.17) is 16.6 Å². The molecule has 0 atom stereocenters. The molecule has 2 aromatic carbocycles. The summed E-state index contributed by atoms with van der Waals surface area (Å²) in [6.07, 6.45) is 2.29. The first kappa shape index (κ1) is 17.1. The van der Waals surface area contributed by atoms with E-state index >= 15 is 0 Å². The maximum Gasteiger partial charge on any atom is 0.190 e. The van der Waals surface area contributed by atoms with Crippen LogP contribution in [0.15, 0.2) is 53.7 Å². The van der Waals surface area contributed by atoms with Crippen LogP contribution in [0.3, 0.4) is 0 Å². The van der Waals surface area contributed by atoms with Crippen LogP contribution in [-0.4, -0.2) is 16.5 Å². The lowest BCUT2D eigenvalue weighted by Crippen LogP contribution is -2.05. The van der Waals surface area contributed by atoms with Crippen molar-refractivity contribution in [2.45, 2.75) is 30.7 Å². The second-order valence-corrected chi connectivity index (χ2v) is 6.95. The summed E-state index contributed by atoms with van der Waals surface area (Å²) in [6.45, 7) is 3.12. The third kappa shape index (κ3) is 4.40. The molecule has 0 spiro atoms. The van der Waals surface area contributed by atoms with E-state index in [0.29, 0.717) is 0 Å². The van der Waals surface area contributed by atoms with Gasteiger partial charge in [0.1, 0.15) is 5.82 Å². The number of halogens is 1. The van der Waals surface area contributed by atoms with E-state index in [1.807, 2.05) is 42.5 Å². The molecular weight excluding hydrogens is 338 g/mol. The van der Waals surface area contributed by atoms with Crippen LogP contribution in [0.2, 0.25) is 5.02 Å². The summed E-state index contributed by atoms with van der Waals surface area (Å²) in [5.41, 5.74) is 2.19. The van der Waals surface area contributed by atoms with E-state index in [1.54, 1.807) is 11.8 Å². The fourth-order valence-corrected chi connectivity index (χ4v) is 3.30. The number of unbranched alkanes of at least 4 members (excludes halogenated alkanes) is 1. The first-order valence-corrected chi connectivity index (χ1v) is 9.50. The van der Waals surface area contributed by atoms with Gasteiger partial charge < -0.3 is 5.32 Å². The highest BCUT2D eigenvalue weighted by Crippen LogP contribution is 2.26. The number of anilines is 1. The number of nitrogens with one attached hydrogen (secondary N) is 1. The molecule has 0 fully saturated rings. The third-order valence-electron chi connectivity index (χ3n) is 3.69. The summed E-state index contributed by atoms with van der Waals surface area (Å²) in [6, 6.07) is 16.0. The summed E-state index contributed by atoms with van der Waals surface area (Å²) < 4.78 is 0. The van der Waals surface area contributed by atoms with Crippen LogP contribution in [0, 0.1) is 0 Å². The van der Waals surface area contributed by atoms with Crippen LogP contribution in [0.4, 0.5) is 5.82 Å². The topological polar surface area (TPSA) is 37.8 Å². The van der Waals surface area contributed by atoms with Gasteiger partial charge in [-0.1, -0.05) is 61.0 Å². The zero-order valence-electron chi connectivity index (χ0n) is 13.6. The first-order valence-electron chi connectivity index (χ1n) is 8.14. The number of para-hydroxylation sites is 1. The summed E-state index contributed by atoms with van der Waals surface area (Å²) >= 11 is 7.58. The molecule has 3 rings (SSSR count). The van der Waals surface area contributed by atoms with Crippen molar-refractivity contribution in [3.63, 3.8) is 0 Å². The number of hydrogen-bond acceptors (Lipinski definition) is 4. The van der Waals surface area contributed by atoms with Crippen molar-refractivity contribution in [3.8, 4) is 0 Å². The molecule has 0 aliphatic carbocycles. The Hall–Kier alpha value is -1.78. The molecule has 1 heterocycles. The van der Waals surface area contributed by atoms with Crippen molar-refractivity contribution < 1.29 is 0 Å². The Kier molecular flexibility index (Phi) is 5.94. The second kappa shape index (κ2) is 8.36. The summed E-state index contributed by atoms with van der Waals surface area (Å²) in [5.74, 6) is 1.75. The molecule has 124 valence electrons. The number of benzene rings is 2. The minimum atomic E-state index is 0.758. The zero-order chi connectivity index (χ0) is 16.8. The molecule has 0 saturated carbocycles. The Bertz CT molecular complexity index is 805. The van der Waals surface area contributed by atoms with Crippen molar-refractivity contribution in [3.05, 3.63) is 59.1 Å². The maximum absolute atomic E-state index is 5.94. The van der Waals surface area contributed by atoms with Gasteiger partial charge in [-0.15, -0.1) is 0 Å². The lowest BCUT2D eigenvalue weighted by molar-refractivity contribution is 0.828. The van der Waals surface area contributed by atoms with Gasteiger partial charge in [0.2, 0.25) is 0 Å². The predicted molar refractivity (Wildman–Crippen MR) is 104 cm³/mol. The van der Waals surface area contributed by atoms with Crippen LogP contribution >= 0.6 is 23.4 Å². The van der Waals surface area contributed by atoms with Crippen molar-refractivity contribution in [1.82, 2.24) is 9.97 Å². The molecule has 5 heteroatoms. The van der Waals surface area contributed by atoms with Gasteiger partial charge in [0.25, 0.3) is 0 Å².